The van der Waals surface area contributed by atoms with Gasteiger partial charge >= 0.3 is 29.6 Å². The van der Waals surface area contributed by atoms with Crippen molar-refractivity contribution in [3.8, 4) is 0 Å². The van der Waals surface area contributed by atoms with Gasteiger partial charge in [-0.2, -0.15) is 5.21 Å². The molecule has 0 spiro atoms. The number of carbonyl (C=O) groups excluding carboxylic acids is 1. The van der Waals surface area contributed by atoms with E-state index in [2.05, 4.69) is 25.9 Å². The van der Waals surface area contributed by atoms with Gasteiger partial charge in [0.05, 0.1) is 0 Å². The number of hydrogen-bond donors (Lipinski definition) is 2. The molecule has 12 heavy (non-hydrogen) atoms. The second-order valence-corrected chi connectivity index (χ2v) is 2.03. The van der Waals surface area contributed by atoms with Crippen molar-refractivity contribution in [1.29, 1.82) is 0 Å². The summed E-state index contributed by atoms with van der Waals surface area (Å²) in [5, 5.41) is 15.1. The fraction of sp³-hybridized carbons (Fsp3) is 0.600. The maximum atomic E-state index is 10.9. The first-order chi connectivity index (χ1) is 5.33. The summed E-state index contributed by atoms with van der Waals surface area (Å²) in [5.41, 5.74) is 0. The normalized spacial score (nSPS) is 8.75. The zero-order valence-electron chi connectivity index (χ0n) is 8.16. The Morgan fingerprint density at radius 1 is 1.75 bits per heavy atom. The predicted molar refractivity (Wildman–Crippen MR) is 38.8 cm³/mol. The van der Waals surface area contributed by atoms with Crippen molar-refractivity contribution in [3.05, 3.63) is 0 Å². The molecule has 0 unspecified atom stereocenters. The number of rotatable bonds is 3. The van der Waals surface area contributed by atoms with E-state index in [1.807, 2.05) is 6.92 Å². The molecule has 1 aromatic rings. The molecule has 0 saturated heterocycles. The molecule has 1 rings (SSSR count). The predicted octanol–water partition coefficient (Wildman–Crippen LogP) is -2.95. The SMILES string of the molecule is CCCC(=O)Nc1nn[nH]n1.[H-].[Na+]. The van der Waals surface area contributed by atoms with Crippen LogP contribution in [-0.2, 0) is 4.79 Å². The van der Waals surface area contributed by atoms with Gasteiger partial charge in [0.2, 0.25) is 5.91 Å². The quantitative estimate of drug-likeness (QED) is 0.486. The number of H-pyrrole nitrogens is 1. The second-order valence-electron chi connectivity index (χ2n) is 2.03. The fourth-order valence-corrected chi connectivity index (χ4v) is 0.629. The summed E-state index contributed by atoms with van der Waals surface area (Å²) < 4.78 is 0. The molecule has 0 bridgehead atoms. The first-order valence-corrected chi connectivity index (χ1v) is 3.36. The number of nitrogens with one attached hydrogen (secondary N) is 2. The van der Waals surface area contributed by atoms with Crippen LogP contribution in [0.25, 0.3) is 0 Å². The second kappa shape index (κ2) is 6.10. The van der Waals surface area contributed by atoms with E-state index in [1.54, 1.807) is 0 Å². The summed E-state index contributed by atoms with van der Waals surface area (Å²) in [6.45, 7) is 1.93. The van der Waals surface area contributed by atoms with Crippen LogP contribution in [0.1, 0.15) is 21.2 Å². The minimum Gasteiger partial charge on any atom is -1.00 e. The Balaban J connectivity index is 0. The number of nitrogens with zero attached hydrogens (tertiary/aromatic N) is 3. The molecule has 1 heterocycles. The molecule has 0 aliphatic rings. The van der Waals surface area contributed by atoms with E-state index >= 15 is 0 Å². The molecule has 7 heteroatoms. The molecule has 2 N–H and O–H groups in total. The van der Waals surface area contributed by atoms with Gasteiger partial charge in [-0.25, -0.2) is 0 Å². The molecule has 0 aromatic carbocycles. The maximum Gasteiger partial charge on any atom is 1.00 e. The molecular weight excluding hydrogens is 169 g/mol. The van der Waals surface area contributed by atoms with E-state index in [9.17, 15) is 4.79 Å². The Morgan fingerprint density at radius 3 is 3.00 bits per heavy atom. The van der Waals surface area contributed by atoms with Crippen LogP contribution in [0.3, 0.4) is 0 Å². The van der Waals surface area contributed by atoms with Crippen molar-refractivity contribution in [1.82, 2.24) is 20.6 Å². The average Bonchev–Trinajstić information content (AvgIpc) is 2.40. The van der Waals surface area contributed by atoms with E-state index in [-0.39, 0.29) is 42.8 Å². The average molecular weight is 179 g/mol. The third kappa shape index (κ3) is 3.80. The molecule has 0 atom stereocenters. The van der Waals surface area contributed by atoms with Crippen LogP contribution in [-0.4, -0.2) is 26.5 Å². The smallest absolute Gasteiger partial charge is 1.00 e. The molecule has 1 aromatic heterocycles. The fourth-order valence-electron chi connectivity index (χ4n) is 0.629. The van der Waals surface area contributed by atoms with Crippen LogP contribution in [0.5, 0.6) is 0 Å². The Morgan fingerprint density at radius 2 is 2.50 bits per heavy atom. The van der Waals surface area contributed by atoms with Crippen LogP contribution in [0, 0.1) is 0 Å². The van der Waals surface area contributed by atoms with Crippen LogP contribution in [0.4, 0.5) is 5.95 Å². The first-order valence-electron chi connectivity index (χ1n) is 3.36. The Labute approximate surface area is 93.3 Å². The Hall–Kier alpha value is -0.460. The summed E-state index contributed by atoms with van der Waals surface area (Å²) in [5.74, 6) is 0.136. The number of amides is 1. The summed E-state index contributed by atoms with van der Waals surface area (Å²) >= 11 is 0. The van der Waals surface area contributed by atoms with E-state index in [0.717, 1.165) is 6.42 Å². The number of anilines is 1. The van der Waals surface area contributed by atoms with Crippen molar-refractivity contribution in [3.63, 3.8) is 0 Å². The van der Waals surface area contributed by atoms with Crippen molar-refractivity contribution in [2.24, 2.45) is 0 Å². The van der Waals surface area contributed by atoms with Gasteiger partial charge in [-0.05, 0) is 11.6 Å². The zero-order valence-corrected chi connectivity index (χ0v) is 9.16. The minimum absolute atomic E-state index is 0. The molecule has 1 amide bonds. The summed E-state index contributed by atoms with van der Waals surface area (Å²) in [7, 11) is 0. The molecular formula is C5H10N5NaO. The van der Waals surface area contributed by atoms with Crippen molar-refractivity contribution < 1.29 is 35.8 Å². The minimum atomic E-state index is -0.0890. The van der Waals surface area contributed by atoms with Gasteiger partial charge in [-0.3, -0.25) is 10.1 Å². The molecule has 0 fully saturated rings. The molecule has 0 aliphatic heterocycles. The molecule has 62 valence electrons. The van der Waals surface area contributed by atoms with Gasteiger partial charge < -0.3 is 1.43 Å². The van der Waals surface area contributed by atoms with Crippen LogP contribution in [0.2, 0.25) is 0 Å². The standard InChI is InChI=1S/C5H9N5O.Na.H/c1-2-3-4(11)6-5-7-9-10-8-5;;/h2-3H2,1H3,(H2,6,7,8,9,10,11);;/q;+1;-1. The van der Waals surface area contributed by atoms with Crippen molar-refractivity contribution in [2.45, 2.75) is 19.8 Å². The van der Waals surface area contributed by atoms with Crippen LogP contribution in [0.15, 0.2) is 0 Å². The third-order valence-electron chi connectivity index (χ3n) is 1.07. The van der Waals surface area contributed by atoms with Crippen molar-refractivity contribution >= 4 is 11.9 Å². The zero-order chi connectivity index (χ0) is 8.10. The van der Waals surface area contributed by atoms with E-state index in [1.165, 1.54) is 0 Å². The van der Waals surface area contributed by atoms with Crippen molar-refractivity contribution in [2.75, 3.05) is 5.32 Å². The van der Waals surface area contributed by atoms with Gasteiger partial charge in [0, 0.05) is 6.42 Å². The third-order valence-corrected chi connectivity index (χ3v) is 1.07. The number of aromatic amines is 1. The van der Waals surface area contributed by atoms with Gasteiger partial charge in [-0.1, -0.05) is 12.0 Å². The van der Waals surface area contributed by atoms with Gasteiger partial charge in [0.15, 0.2) is 0 Å². The molecule has 0 aliphatic carbocycles. The van der Waals surface area contributed by atoms with Gasteiger partial charge in [0.1, 0.15) is 0 Å². The first kappa shape index (κ1) is 11.5. The van der Waals surface area contributed by atoms with Gasteiger partial charge in [-0.15, -0.1) is 5.10 Å². The molecule has 6 nitrogen and oxygen atoms in total. The van der Waals surface area contributed by atoms with Crippen LogP contribution < -0.4 is 34.9 Å². The topological polar surface area (TPSA) is 83.6 Å². The van der Waals surface area contributed by atoms with E-state index in [4.69, 9.17) is 0 Å². The Bertz CT molecular complexity index is 229. The van der Waals surface area contributed by atoms with Gasteiger partial charge in [0.25, 0.3) is 5.95 Å². The van der Waals surface area contributed by atoms with Crippen LogP contribution >= 0.6 is 0 Å². The Kier molecular flexibility index (Phi) is 5.87. The maximum absolute atomic E-state index is 10.9. The van der Waals surface area contributed by atoms with E-state index < -0.39 is 0 Å². The largest absolute Gasteiger partial charge is 1.00 e. The summed E-state index contributed by atoms with van der Waals surface area (Å²) in [4.78, 5) is 10.9. The number of carbonyl (C=O) groups is 1. The molecule has 0 radical (unpaired) electrons. The number of hydrogen-bond acceptors (Lipinski definition) is 4. The summed E-state index contributed by atoms with van der Waals surface area (Å²) in [6, 6.07) is 0. The number of tetrazole rings is 1. The summed E-state index contributed by atoms with van der Waals surface area (Å²) in [6.07, 6.45) is 1.29. The number of aromatic nitrogens is 4. The molecule has 0 saturated carbocycles. The van der Waals surface area contributed by atoms with E-state index in [0.29, 0.717) is 6.42 Å². The monoisotopic (exact) mass is 179 g/mol.